The van der Waals surface area contributed by atoms with E-state index < -0.39 is 6.10 Å². The van der Waals surface area contributed by atoms with Crippen LogP contribution in [0.2, 0.25) is 0 Å². The molecule has 0 aliphatic heterocycles. The zero-order valence-corrected chi connectivity index (χ0v) is 10.4. The van der Waals surface area contributed by atoms with Gasteiger partial charge in [-0.15, -0.1) is 0 Å². The normalized spacial score (nSPS) is 20.2. The van der Waals surface area contributed by atoms with Crippen molar-refractivity contribution in [2.24, 2.45) is 5.92 Å². The van der Waals surface area contributed by atoms with Gasteiger partial charge in [0, 0.05) is 0 Å². The Morgan fingerprint density at radius 2 is 1.67 bits per heavy atom. The molecule has 0 aromatic rings. The third-order valence-corrected chi connectivity index (χ3v) is 2.66. The number of hydrogen-bond donors (Lipinski definition) is 2. The molecule has 1 rings (SSSR count). The summed E-state index contributed by atoms with van der Waals surface area (Å²) >= 11 is 0. The lowest BCUT2D eigenvalue weighted by atomic mass is 9.95. The molecular weight excluding hydrogens is 192 g/mol. The summed E-state index contributed by atoms with van der Waals surface area (Å²) in [5.74, 6) is 0.667. The van der Waals surface area contributed by atoms with Gasteiger partial charge in [0.1, 0.15) is 0 Å². The zero-order chi connectivity index (χ0) is 11.8. The fourth-order valence-corrected chi connectivity index (χ4v) is 0.968. The number of ether oxygens (including phenoxy) is 1. The first-order chi connectivity index (χ1) is 6.97. The van der Waals surface area contributed by atoms with E-state index in [-0.39, 0.29) is 6.61 Å². The topological polar surface area (TPSA) is 49.7 Å². The van der Waals surface area contributed by atoms with Gasteiger partial charge in [-0.1, -0.05) is 13.8 Å². The molecule has 0 spiro atoms. The van der Waals surface area contributed by atoms with Gasteiger partial charge in [0.15, 0.2) is 0 Å². The average Bonchev–Trinajstić information content (AvgIpc) is 2.11. The third-order valence-electron chi connectivity index (χ3n) is 2.66. The van der Waals surface area contributed by atoms with Gasteiger partial charge in [0.05, 0.1) is 24.9 Å². The average molecular weight is 218 g/mol. The second-order valence-electron chi connectivity index (χ2n) is 4.67. The summed E-state index contributed by atoms with van der Waals surface area (Å²) in [5.41, 5.74) is 0. The Morgan fingerprint density at radius 3 is 1.87 bits per heavy atom. The van der Waals surface area contributed by atoms with Crippen LogP contribution in [0.4, 0.5) is 0 Å². The van der Waals surface area contributed by atoms with Crippen molar-refractivity contribution in [1.82, 2.24) is 0 Å². The molecule has 3 nitrogen and oxygen atoms in total. The highest BCUT2D eigenvalue weighted by molar-refractivity contribution is 4.71. The van der Waals surface area contributed by atoms with E-state index >= 15 is 0 Å². The minimum Gasteiger partial charge on any atom is -0.394 e. The van der Waals surface area contributed by atoms with Crippen molar-refractivity contribution in [2.75, 3.05) is 6.61 Å². The minimum atomic E-state index is -0.560. The lowest BCUT2D eigenvalue weighted by molar-refractivity contribution is -0.0610. The van der Waals surface area contributed by atoms with Crippen molar-refractivity contribution in [3.8, 4) is 0 Å². The summed E-state index contributed by atoms with van der Waals surface area (Å²) in [5, 5.41) is 16.0. The zero-order valence-electron chi connectivity index (χ0n) is 10.4. The summed E-state index contributed by atoms with van der Waals surface area (Å²) < 4.78 is 5.75. The molecule has 1 saturated carbocycles. The van der Waals surface area contributed by atoms with E-state index in [4.69, 9.17) is 14.9 Å². The van der Waals surface area contributed by atoms with E-state index in [0.29, 0.717) is 18.1 Å². The smallest absolute Gasteiger partial charge is 0.0742 e. The molecule has 15 heavy (non-hydrogen) atoms. The van der Waals surface area contributed by atoms with Gasteiger partial charge in [-0.25, -0.2) is 0 Å². The Hall–Kier alpha value is -0.120. The molecule has 0 aromatic carbocycles. The standard InChI is InChI=1S/C9H18O.C3H8O2/c1-7(2)8(3)10-9-5-4-6-9;1-3(5)2-4/h7-9H,4-6H2,1-3H3;3-5H,2H2,1H3. The summed E-state index contributed by atoms with van der Waals surface area (Å²) in [4.78, 5) is 0. The summed E-state index contributed by atoms with van der Waals surface area (Å²) in [6.45, 7) is 7.98. The molecule has 2 atom stereocenters. The van der Waals surface area contributed by atoms with Crippen LogP contribution in [0.3, 0.4) is 0 Å². The Bertz CT molecular complexity index is 142. The lowest BCUT2D eigenvalue weighted by Gasteiger charge is -2.30. The molecule has 2 unspecified atom stereocenters. The van der Waals surface area contributed by atoms with E-state index in [0.717, 1.165) is 0 Å². The maximum atomic E-state index is 8.11. The quantitative estimate of drug-likeness (QED) is 0.758. The van der Waals surface area contributed by atoms with Crippen LogP contribution in [0.1, 0.15) is 47.0 Å². The van der Waals surface area contributed by atoms with Gasteiger partial charge >= 0.3 is 0 Å². The first-order valence-corrected chi connectivity index (χ1v) is 5.91. The van der Waals surface area contributed by atoms with E-state index in [2.05, 4.69) is 20.8 Å². The molecule has 0 bridgehead atoms. The van der Waals surface area contributed by atoms with Gasteiger partial charge in [-0.3, -0.25) is 0 Å². The van der Waals surface area contributed by atoms with Gasteiger partial charge in [0.25, 0.3) is 0 Å². The van der Waals surface area contributed by atoms with Crippen LogP contribution in [-0.4, -0.2) is 35.1 Å². The molecule has 0 saturated heterocycles. The molecule has 92 valence electrons. The van der Waals surface area contributed by atoms with Crippen LogP contribution in [0, 0.1) is 5.92 Å². The largest absolute Gasteiger partial charge is 0.394 e. The van der Waals surface area contributed by atoms with Crippen molar-refractivity contribution in [1.29, 1.82) is 0 Å². The first-order valence-electron chi connectivity index (χ1n) is 5.91. The SMILES string of the molecule is CC(C)C(C)OC1CCC1.CC(O)CO. The highest BCUT2D eigenvalue weighted by Gasteiger charge is 2.21. The molecular formula is C12H26O3. The van der Waals surface area contributed by atoms with Crippen molar-refractivity contribution in [3.63, 3.8) is 0 Å². The van der Waals surface area contributed by atoms with Gasteiger partial charge in [-0.2, -0.15) is 0 Å². The van der Waals surface area contributed by atoms with Crippen LogP contribution in [0.5, 0.6) is 0 Å². The Morgan fingerprint density at radius 1 is 1.20 bits per heavy atom. The Balaban J connectivity index is 0.000000336. The molecule has 1 aliphatic rings. The summed E-state index contributed by atoms with van der Waals surface area (Å²) in [6, 6.07) is 0. The van der Waals surface area contributed by atoms with E-state index in [1.807, 2.05) is 0 Å². The molecule has 0 amide bonds. The van der Waals surface area contributed by atoms with Gasteiger partial charge in [0.2, 0.25) is 0 Å². The van der Waals surface area contributed by atoms with E-state index in [1.54, 1.807) is 0 Å². The predicted octanol–water partition coefficient (Wildman–Crippen LogP) is 1.96. The van der Waals surface area contributed by atoms with E-state index in [1.165, 1.54) is 26.2 Å². The summed E-state index contributed by atoms with van der Waals surface area (Å²) in [7, 11) is 0. The fourth-order valence-electron chi connectivity index (χ4n) is 0.968. The Labute approximate surface area is 93.5 Å². The highest BCUT2D eigenvalue weighted by Crippen LogP contribution is 2.24. The van der Waals surface area contributed by atoms with Gasteiger partial charge < -0.3 is 14.9 Å². The second-order valence-corrected chi connectivity index (χ2v) is 4.67. The maximum absolute atomic E-state index is 8.11. The number of rotatable bonds is 4. The third kappa shape index (κ3) is 7.77. The maximum Gasteiger partial charge on any atom is 0.0742 e. The van der Waals surface area contributed by atoms with Crippen LogP contribution in [0.15, 0.2) is 0 Å². The van der Waals surface area contributed by atoms with Crippen molar-refractivity contribution in [3.05, 3.63) is 0 Å². The Kier molecular flexibility index (Phi) is 8.02. The second kappa shape index (κ2) is 8.08. The number of hydrogen-bond acceptors (Lipinski definition) is 3. The molecule has 1 aliphatic carbocycles. The molecule has 3 heteroatoms. The van der Waals surface area contributed by atoms with Crippen LogP contribution in [-0.2, 0) is 4.74 Å². The lowest BCUT2D eigenvalue weighted by Crippen LogP contribution is -2.28. The number of aliphatic hydroxyl groups is 2. The summed E-state index contributed by atoms with van der Waals surface area (Å²) in [6.07, 6.45) is 4.43. The molecule has 0 radical (unpaired) electrons. The molecule has 0 aromatic heterocycles. The van der Waals surface area contributed by atoms with E-state index in [9.17, 15) is 0 Å². The minimum absolute atomic E-state index is 0.139. The van der Waals surface area contributed by atoms with Crippen molar-refractivity contribution < 1.29 is 14.9 Å². The number of aliphatic hydroxyl groups excluding tert-OH is 2. The van der Waals surface area contributed by atoms with Crippen LogP contribution >= 0.6 is 0 Å². The van der Waals surface area contributed by atoms with Crippen LogP contribution < -0.4 is 0 Å². The first kappa shape index (κ1) is 14.9. The molecule has 1 fully saturated rings. The van der Waals surface area contributed by atoms with Gasteiger partial charge in [-0.05, 0) is 39.0 Å². The monoisotopic (exact) mass is 218 g/mol. The fraction of sp³-hybridized carbons (Fsp3) is 1.00. The molecule has 2 N–H and O–H groups in total. The van der Waals surface area contributed by atoms with Crippen molar-refractivity contribution in [2.45, 2.75) is 65.3 Å². The van der Waals surface area contributed by atoms with Crippen LogP contribution in [0.25, 0.3) is 0 Å². The highest BCUT2D eigenvalue weighted by atomic mass is 16.5. The molecule has 0 heterocycles. The van der Waals surface area contributed by atoms with Crippen molar-refractivity contribution >= 4 is 0 Å². The predicted molar refractivity (Wildman–Crippen MR) is 61.8 cm³/mol.